The van der Waals surface area contributed by atoms with Gasteiger partial charge in [-0.3, -0.25) is 0 Å². The molecule has 4 unspecified atom stereocenters. The normalized spacial score (nSPS) is 30.8. The summed E-state index contributed by atoms with van der Waals surface area (Å²) in [4.78, 5) is 0. The van der Waals surface area contributed by atoms with Crippen molar-refractivity contribution in [1.29, 1.82) is 0 Å². The zero-order valence-electron chi connectivity index (χ0n) is 11.3. The fourth-order valence-corrected chi connectivity index (χ4v) is 4.18. The Labute approximate surface area is 113 Å². The fraction of sp³-hybridized carbons (Fsp3) is 0.625. The molecule has 0 aromatic heterocycles. The van der Waals surface area contributed by atoms with E-state index in [-0.39, 0.29) is 0 Å². The lowest BCUT2D eigenvalue weighted by Crippen LogP contribution is -2.38. The fourth-order valence-electron chi connectivity index (χ4n) is 4.18. The molecule has 0 radical (unpaired) electrons. The van der Waals surface area contributed by atoms with Gasteiger partial charge in [-0.2, -0.15) is 0 Å². The minimum Gasteiger partial charge on any atom is -0.316 e. The van der Waals surface area contributed by atoms with Gasteiger partial charge in [0.2, 0.25) is 0 Å². The van der Waals surface area contributed by atoms with Crippen LogP contribution in [0.2, 0.25) is 0 Å². The van der Waals surface area contributed by atoms with Crippen molar-refractivity contribution in [3.05, 3.63) is 35.4 Å². The maximum Gasteiger partial charge on any atom is 0.129 e. The quantitative estimate of drug-likeness (QED) is 0.878. The lowest BCUT2D eigenvalue weighted by molar-refractivity contribution is 0.254. The topological polar surface area (TPSA) is 12.0 Å². The molecule has 2 fully saturated rings. The largest absolute Gasteiger partial charge is 0.316 e. The van der Waals surface area contributed by atoms with Crippen LogP contribution in [-0.2, 0) is 6.42 Å². The van der Waals surface area contributed by atoms with Gasteiger partial charge in [0.15, 0.2) is 0 Å². The molecule has 2 aliphatic carbocycles. The molecule has 1 aromatic rings. The van der Waals surface area contributed by atoms with Crippen LogP contribution in [0, 0.1) is 29.4 Å². The predicted molar refractivity (Wildman–Crippen MR) is 71.8 cm³/mol. The SMILES string of the molecule is CNC(Cc1ccc(F)cc1F)C1CC2CCC1C2. The Kier molecular flexibility index (Phi) is 3.57. The minimum atomic E-state index is -0.498. The van der Waals surface area contributed by atoms with E-state index >= 15 is 0 Å². The molecule has 3 rings (SSSR count). The van der Waals surface area contributed by atoms with E-state index in [1.165, 1.54) is 31.7 Å². The Balaban J connectivity index is 1.73. The molecule has 104 valence electrons. The van der Waals surface area contributed by atoms with Gasteiger partial charge in [-0.1, -0.05) is 12.5 Å². The van der Waals surface area contributed by atoms with Crippen molar-refractivity contribution < 1.29 is 8.78 Å². The molecular formula is C16H21F2N. The first-order valence-corrected chi connectivity index (χ1v) is 7.28. The van der Waals surface area contributed by atoms with E-state index in [0.29, 0.717) is 23.9 Å². The van der Waals surface area contributed by atoms with E-state index in [1.807, 2.05) is 7.05 Å². The highest BCUT2D eigenvalue weighted by atomic mass is 19.1. The smallest absolute Gasteiger partial charge is 0.129 e. The summed E-state index contributed by atoms with van der Waals surface area (Å²) in [5.74, 6) is 1.45. The molecule has 3 heteroatoms. The van der Waals surface area contributed by atoms with Crippen molar-refractivity contribution in [2.24, 2.45) is 17.8 Å². The van der Waals surface area contributed by atoms with E-state index in [2.05, 4.69) is 5.32 Å². The maximum atomic E-state index is 13.8. The van der Waals surface area contributed by atoms with Crippen LogP contribution in [-0.4, -0.2) is 13.1 Å². The number of likely N-dealkylation sites (N-methyl/N-ethyl adjacent to an activating group) is 1. The highest BCUT2D eigenvalue weighted by Gasteiger charge is 2.42. The Morgan fingerprint density at radius 3 is 2.68 bits per heavy atom. The van der Waals surface area contributed by atoms with Crippen LogP contribution in [0.15, 0.2) is 18.2 Å². The summed E-state index contributed by atoms with van der Waals surface area (Å²) in [6.07, 6.45) is 6.01. The number of rotatable bonds is 4. The highest BCUT2D eigenvalue weighted by Crippen LogP contribution is 2.49. The molecule has 19 heavy (non-hydrogen) atoms. The summed E-state index contributed by atoms with van der Waals surface area (Å²) in [5, 5.41) is 3.36. The summed E-state index contributed by atoms with van der Waals surface area (Å²) in [6.45, 7) is 0. The molecule has 1 aromatic carbocycles. The van der Waals surface area contributed by atoms with Crippen molar-refractivity contribution in [1.82, 2.24) is 5.32 Å². The van der Waals surface area contributed by atoms with E-state index in [0.717, 1.165) is 17.9 Å². The average Bonchev–Trinajstić information content (AvgIpc) is 3.00. The second-order valence-corrected chi connectivity index (χ2v) is 6.17. The first-order chi connectivity index (χ1) is 9.17. The summed E-state index contributed by atoms with van der Waals surface area (Å²) in [6, 6.07) is 4.24. The molecule has 1 N–H and O–H groups in total. The molecule has 4 atom stereocenters. The molecule has 0 saturated heterocycles. The molecule has 1 nitrogen and oxygen atoms in total. The van der Waals surface area contributed by atoms with Crippen LogP contribution in [0.25, 0.3) is 0 Å². The van der Waals surface area contributed by atoms with Gasteiger partial charge in [0.1, 0.15) is 11.6 Å². The first kappa shape index (κ1) is 13.0. The van der Waals surface area contributed by atoms with Gasteiger partial charge in [-0.25, -0.2) is 8.78 Å². The molecule has 2 bridgehead atoms. The number of hydrogen-bond acceptors (Lipinski definition) is 1. The van der Waals surface area contributed by atoms with E-state index in [1.54, 1.807) is 6.07 Å². The van der Waals surface area contributed by atoms with Gasteiger partial charge in [-0.05, 0) is 62.1 Å². The summed E-state index contributed by atoms with van der Waals surface area (Å²) < 4.78 is 26.7. The average molecular weight is 265 g/mol. The summed E-state index contributed by atoms with van der Waals surface area (Å²) in [5.41, 5.74) is 0.628. The lowest BCUT2D eigenvalue weighted by Gasteiger charge is -2.30. The zero-order chi connectivity index (χ0) is 13.4. The Morgan fingerprint density at radius 1 is 1.26 bits per heavy atom. The number of fused-ring (bicyclic) bond motifs is 2. The number of hydrogen-bond donors (Lipinski definition) is 1. The molecule has 0 spiro atoms. The third-order valence-electron chi connectivity index (χ3n) is 5.14. The van der Waals surface area contributed by atoms with E-state index in [9.17, 15) is 8.78 Å². The number of nitrogens with one attached hydrogen (secondary N) is 1. The monoisotopic (exact) mass is 265 g/mol. The standard InChI is InChI=1S/C16H21F2N/c1-19-16(14-7-10-2-3-11(14)6-10)8-12-4-5-13(17)9-15(12)18/h4-5,9-11,14,16,19H,2-3,6-8H2,1H3. The second-order valence-electron chi connectivity index (χ2n) is 6.17. The van der Waals surface area contributed by atoms with E-state index in [4.69, 9.17) is 0 Å². The molecule has 0 amide bonds. The van der Waals surface area contributed by atoms with Gasteiger partial charge < -0.3 is 5.32 Å². The number of halogens is 2. The highest BCUT2D eigenvalue weighted by molar-refractivity contribution is 5.20. The molecule has 0 aliphatic heterocycles. The number of benzene rings is 1. The van der Waals surface area contributed by atoms with Gasteiger partial charge in [-0.15, -0.1) is 0 Å². The zero-order valence-corrected chi connectivity index (χ0v) is 11.3. The van der Waals surface area contributed by atoms with Gasteiger partial charge in [0, 0.05) is 12.1 Å². The van der Waals surface area contributed by atoms with Crippen molar-refractivity contribution in [2.75, 3.05) is 7.05 Å². The van der Waals surface area contributed by atoms with Crippen LogP contribution >= 0.6 is 0 Å². The molecule has 2 saturated carbocycles. The van der Waals surface area contributed by atoms with Gasteiger partial charge >= 0.3 is 0 Å². The van der Waals surface area contributed by atoms with Crippen LogP contribution in [0.1, 0.15) is 31.2 Å². The molecule has 2 aliphatic rings. The Hall–Kier alpha value is -0.960. The van der Waals surface area contributed by atoms with Crippen LogP contribution in [0.4, 0.5) is 8.78 Å². The molecular weight excluding hydrogens is 244 g/mol. The van der Waals surface area contributed by atoms with Crippen LogP contribution in [0.5, 0.6) is 0 Å². The van der Waals surface area contributed by atoms with Gasteiger partial charge in [0.05, 0.1) is 0 Å². The second kappa shape index (κ2) is 5.20. The third kappa shape index (κ3) is 2.53. The van der Waals surface area contributed by atoms with Crippen molar-refractivity contribution in [2.45, 2.75) is 38.1 Å². The Morgan fingerprint density at radius 2 is 2.11 bits per heavy atom. The predicted octanol–water partition coefficient (Wildman–Crippen LogP) is 3.53. The third-order valence-corrected chi connectivity index (χ3v) is 5.14. The lowest BCUT2D eigenvalue weighted by atomic mass is 9.81. The molecule has 0 heterocycles. The summed E-state index contributed by atoms with van der Waals surface area (Å²) in [7, 11) is 1.96. The van der Waals surface area contributed by atoms with Gasteiger partial charge in [0.25, 0.3) is 0 Å². The first-order valence-electron chi connectivity index (χ1n) is 7.28. The minimum absolute atomic E-state index is 0.315. The Bertz CT molecular complexity index is 460. The van der Waals surface area contributed by atoms with Crippen molar-refractivity contribution >= 4 is 0 Å². The van der Waals surface area contributed by atoms with Crippen molar-refractivity contribution in [3.8, 4) is 0 Å². The van der Waals surface area contributed by atoms with Crippen LogP contribution in [0.3, 0.4) is 0 Å². The van der Waals surface area contributed by atoms with Crippen molar-refractivity contribution in [3.63, 3.8) is 0 Å². The van der Waals surface area contributed by atoms with Crippen LogP contribution < -0.4 is 5.32 Å². The van der Waals surface area contributed by atoms with E-state index < -0.39 is 11.6 Å². The maximum absolute atomic E-state index is 13.8. The summed E-state index contributed by atoms with van der Waals surface area (Å²) >= 11 is 0.